The van der Waals surface area contributed by atoms with Gasteiger partial charge in [0.25, 0.3) is 0 Å². The van der Waals surface area contributed by atoms with Crippen LogP contribution in [0.4, 0.5) is 0 Å². The SMILES string of the molecule is CCCCC1=[C-]CC=C1.CCCCC1=[C-]CC=C1.[F-].[F-].[Hf+4]. The normalized spacial score (nSPS) is 14.0. The fourth-order valence-electron chi connectivity index (χ4n) is 1.98. The van der Waals surface area contributed by atoms with Crippen molar-refractivity contribution in [1.29, 1.82) is 0 Å². The molecule has 0 amide bonds. The van der Waals surface area contributed by atoms with Crippen molar-refractivity contribution in [3.63, 3.8) is 0 Å². The summed E-state index contributed by atoms with van der Waals surface area (Å²) in [6.07, 6.45) is 25.1. The van der Waals surface area contributed by atoms with Crippen LogP contribution >= 0.6 is 0 Å². The molecule has 2 rings (SSSR count). The summed E-state index contributed by atoms with van der Waals surface area (Å²) in [6, 6.07) is 0. The van der Waals surface area contributed by atoms with E-state index in [-0.39, 0.29) is 35.3 Å². The Bertz CT molecular complexity index is 307. The minimum Gasteiger partial charge on any atom is -1.00 e. The molecule has 21 heavy (non-hydrogen) atoms. The fraction of sp³-hybridized carbons (Fsp3) is 0.556. The number of rotatable bonds is 6. The number of unbranched alkanes of at least 4 members (excludes halogenated alkanes) is 2. The number of halogens is 2. The average Bonchev–Trinajstić information content (AvgIpc) is 3.07. The quantitative estimate of drug-likeness (QED) is 0.380. The molecular formula is C18H26F2Hf. The minimum atomic E-state index is 0. The van der Waals surface area contributed by atoms with E-state index in [2.05, 4.69) is 50.3 Å². The summed E-state index contributed by atoms with van der Waals surface area (Å²) in [6.45, 7) is 4.44. The van der Waals surface area contributed by atoms with E-state index in [0.29, 0.717) is 0 Å². The van der Waals surface area contributed by atoms with Crippen LogP contribution in [0, 0.1) is 12.2 Å². The van der Waals surface area contributed by atoms with Crippen LogP contribution < -0.4 is 9.41 Å². The summed E-state index contributed by atoms with van der Waals surface area (Å²) in [5, 5.41) is 0. The molecule has 2 aliphatic carbocycles. The summed E-state index contributed by atoms with van der Waals surface area (Å²) in [7, 11) is 0. The molecule has 0 saturated heterocycles. The van der Waals surface area contributed by atoms with Crippen LogP contribution in [-0.2, 0) is 25.8 Å². The zero-order valence-electron chi connectivity index (χ0n) is 13.2. The van der Waals surface area contributed by atoms with Gasteiger partial charge in [0, 0.05) is 0 Å². The topological polar surface area (TPSA) is 0 Å². The first kappa shape index (κ1) is 25.6. The summed E-state index contributed by atoms with van der Waals surface area (Å²) in [5.41, 5.74) is 2.83. The molecule has 0 nitrogen and oxygen atoms in total. The van der Waals surface area contributed by atoms with Gasteiger partial charge >= 0.3 is 25.8 Å². The maximum Gasteiger partial charge on any atom is 4.00 e. The second kappa shape index (κ2) is 17.7. The molecule has 0 bridgehead atoms. The molecule has 3 heteroatoms. The van der Waals surface area contributed by atoms with Crippen LogP contribution in [0.15, 0.2) is 35.5 Å². The Hall–Kier alpha value is -0.310. The van der Waals surface area contributed by atoms with Crippen LogP contribution in [0.2, 0.25) is 0 Å². The number of allylic oxidation sites excluding steroid dienone is 8. The molecule has 0 saturated carbocycles. The Kier molecular flexibility index (Phi) is 21.7. The maximum atomic E-state index is 3.30. The van der Waals surface area contributed by atoms with Crippen LogP contribution in [0.5, 0.6) is 0 Å². The Morgan fingerprint density at radius 1 is 0.810 bits per heavy atom. The van der Waals surface area contributed by atoms with Gasteiger partial charge in [-0.1, -0.05) is 52.4 Å². The van der Waals surface area contributed by atoms with Gasteiger partial charge in [0.2, 0.25) is 0 Å². The molecule has 116 valence electrons. The van der Waals surface area contributed by atoms with Gasteiger partial charge in [0.1, 0.15) is 0 Å². The standard InChI is InChI=1S/2C9H13.2FH.Hf/c2*1-2-3-6-9-7-4-5-8-9;;;/h2*4,7H,2-3,5-6H2,1H3;2*1H;/q2*-1;;;+4/p-2. The van der Waals surface area contributed by atoms with Gasteiger partial charge in [-0.2, -0.15) is 12.2 Å². The van der Waals surface area contributed by atoms with Crippen molar-refractivity contribution in [1.82, 2.24) is 0 Å². The molecule has 0 aromatic carbocycles. The Morgan fingerprint density at radius 3 is 1.43 bits per heavy atom. The second-order valence-electron chi connectivity index (χ2n) is 4.82. The fourth-order valence-corrected chi connectivity index (χ4v) is 1.98. The van der Waals surface area contributed by atoms with E-state index in [1.165, 1.54) is 49.7 Å². The molecule has 0 aromatic rings. The first-order valence-electron chi connectivity index (χ1n) is 7.39. The van der Waals surface area contributed by atoms with E-state index in [1.807, 2.05) is 0 Å². The van der Waals surface area contributed by atoms with E-state index in [9.17, 15) is 0 Å². The van der Waals surface area contributed by atoms with E-state index < -0.39 is 0 Å². The van der Waals surface area contributed by atoms with Gasteiger partial charge in [-0.05, 0) is 0 Å². The van der Waals surface area contributed by atoms with E-state index in [0.717, 1.165) is 12.8 Å². The third kappa shape index (κ3) is 13.1. The molecule has 0 N–H and O–H groups in total. The van der Waals surface area contributed by atoms with Crippen molar-refractivity contribution in [2.75, 3.05) is 0 Å². The van der Waals surface area contributed by atoms with Crippen molar-refractivity contribution < 1.29 is 35.3 Å². The van der Waals surface area contributed by atoms with Crippen LogP contribution in [-0.4, -0.2) is 0 Å². The number of hydrogen-bond acceptors (Lipinski definition) is 0. The molecular weight excluding hydrogens is 433 g/mol. The third-order valence-electron chi connectivity index (χ3n) is 3.13. The van der Waals surface area contributed by atoms with Gasteiger partial charge in [-0.3, -0.25) is 12.2 Å². The van der Waals surface area contributed by atoms with Crippen molar-refractivity contribution >= 4 is 0 Å². The van der Waals surface area contributed by atoms with E-state index in [1.54, 1.807) is 0 Å². The van der Waals surface area contributed by atoms with Crippen molar-refractivity contribution in [2.45, 2.75) is 65.2 Å². The van der Waals surface area contributed by atoms with Crippen LogP contribution in [0.25, 0.3) is 0 Å². The number of hydrogen-bond donors (Lipinski definition) is 0. The molecule has 0 radical (unpaired) electrons. The van der Waals surface area contributed by atoms with Gasteiger partial charge in [-0.25, -0.2) is 23.3 Å². The summed E-state index contributed by atoms with van der Waals surface area (Å²) >= 11 is 0. The average molecular weight is 459 g/mol. The zero-order valence-corrected chi connectivity index (χ0v) is 16.8. The summed E-state index contributed by atoms with van der Waals surface area (Å²) in [4.78, 5) is 0. The first-order chi connectivity index (χ1) is 8.86. The first-order valence-corrected chi connectivity index (χ1v) is 7.39. The maximum absolute atomic E-state index is 3.30. The van der Waals surface area contributed by atoms with E-state index in [4.69, 9.17) is 0 Å². The Morgan fingerprint density at radius 2 is 1.19 bits per heavy atom. The smallest absolute Gasteiger partial charge is 1.00 e. The van der Waals surface area contributed by atoms with Gasteiger partial charge in [-0.15, -0.1) is 12.8 Å². The molecule has 2 aliphatic rings. The molecule has 0 fully saturated rings. The molecule has 0 heterocycles. The zero-order chi connectivity index (χ0) is 13.1. The van der Waals surface area contributed by atoms with Crippen LogP contribution in [0.1, 0.15) is 65.2 Å². The van der Waals surface area contributed by atoms with Gasteiger partial charge < -0.3 is 9.41 Å². The molecule has 0 spiro atoms. The molecule has 0 atom stereocenters. The van der Waals surface area contributed by atoms with Gasteiger partial charge in [0.15, 0.2) is 0 Å². The second-order valence-corrected chi connectivity index (χ2v) is 4.82. The predicted molar refractivity (Wildman–Crippen MR) is 80.1 cm³/mol. The predicted octanol–water partition coefficient (Wildman–Crippen LogP) is -0.262. The molecule has 0 unspecified atom stereocenters. The van der Waals surface area contributed by atoms with E-state index >= 15 is 0 Å². The van der Waals surface area contributed by atoms with Crippen molar-refractivity contribution in [3.8, 4) is 0 Å². The summed E-state index contributed by atoms with van der Waals surface area (Å²) < 4.78 is 0. The largest absolute Gasteiger partial charge is 4.00 e. The summed E-state index contributed by atoms with van der Waals surface area (Å²) in [5.74, 6) is 0. The third-order valence-corrected chi connectivity index (χ3v) is 3.13. The monoisotopic (exact) mass is 460 g/mol. The Balaban J connectivity index is -0.000000270. The van der Waals surface area contributed by atoms with Crippen molar-refractivity contribution in [3.05, 3.63) is 47.6 Å². The molecule has 0 aliphatic heterocycles. The Labute approximate surface area is 148 Å². The van der Waals surface area contributed by atoms with Gasteiger partial charge in [0.05, 0.1) is 0 Å². The van der Waals surface area contributed by atoms with Crippen molar-refractivity contribution in [2.24, 2.45) is 0 Å². The minimum absolute atomic E-state index is 0. The molecule has 0 aromatic heterocycles. The van der Waals surface area contributed by atoms with Crippen LogP contribution in [0.3, 0.4) is 0 Å².